The Kier molecular flexibility index (Phi) is 10.3. The van der Waals surface area contributed by atoms with Crippen molar-refractivity contribution >= 4 is 29.9 Å². The first-order valence-corrected chi connectivity index (χ1v) is 9.23. The maximum absolute atomic E-state index is 9.45. The van der Waals surface area contributed by atoms with Gasteiger partial charge in [-0.1, -0.05) is 25.3 Å². The Bertz CT molecular complexity index is 524. The first-order valence-electron chi connectivity index (χ1n) is 9.23. The molecule has 1 heterocycles. The number of nitrogens with one attached hydrogen (secondary N) is 2. The molecule has 142 valence electrons. The van der Waals surface area contributed by atoms with Crippen molar-refractivity contribution in [1.29, 1.82) is 0 Å². The van der Waals surface area contributed by atoms with Crippen molar-refractivity contribution in [2.75, 3.05) is 19.7 Å². The van der Waals surface area contributed by atoms with E-state index in [1.165, 1.54) is 37.7 Å². The quantitative estimate of drug-likeness (QED) is 0.332. The Morgan fingerprint density at radius 1 is 1.28 bits per heavy atom. The first kappa shape index (κ1) is 22.2. The third-order valence-electron chi connectivity index (χ3n) is 5.04. The van der Waals surface area contributed by atoms with E-state index in [2.05, 4.69) is 40.5 Å². The highest BCUT2D eigenvalue weighted by Gasteiger charge is 2.31. The van der Waals surface area contributed by atoms with Crippen LogP contribution in [0, 0.1) is 12.3 Å². The standard InChI is InChI=1S/C19H32N4O.HI/c1-3-20-18(22-14-17-16(2)8-7-12-21-17)23-15-19(11-13-24)9-5-4-6-10-19;/h7-8,12,24H,3-6,9-11,13-15H2,1-2H3,(H2,20,22,23);1H. The zero-order chi connectivity index (χ0) is 17.3. The van der Waals surface area contributed by atoms with E-state index >= 15 is 0 Å². The molecule has 5 nitrogen and oxygen atoms in total. The number of aliphatic hydroxyl groups excluding tert-OH is 1. The molecule has 6 heteroatoms. The number of rotatable bonds is 7. The Labute approximate surface area is 169 Å². The summed E-state index contributed by atoms with van der Waals surface area (Å²) >= 11 is 0. The number of guanidine groups is 1. The molecule has 0 unspecified atom stereocenters. The van der Waals surface area contributed by atoms with Gasteiger partial charge >= 0.3 is 0 Å². The lowest BCUT2D eigenvalue weighted by Gasteiger charge is -2.37. The van der Waals surface area contributed by atoms with Crippen LogP contribution < -0.4 is 10.6 Å². The van der Waals surface area contributed by atoms with Gasteiger partial charge < -0.3 is 15.7 Å². The molecule has 1 aromatic rings. The third kappa shape index (κ3) is 7.09. The second kappa shape index (κ2) is 11.7. The highest BCUT2D eigenvalue weighted by molar-refractivity contribution is 14.0. The van der Waals surface area contributed by atoms with E-state index in [-0.39, 0.29) is 36.0 Å². The molecule has 1 aromatic heterocycles. The van der Waals surface area contributed by atoms with Crippen LogP contribution >= 0.6 is 24.0 Å². The van der Waals surface area contributed by atoms with E-state index < -0.39 is 0 Å². The Morgan fingerprint density at radius 2 is 2.04 bits per heavy atom. The number of aliphatic imine (C=N–C) groups is 1. The van der Waals surface area contributed by atoms with E-state index in [4.69, 9.17) is 0 Å². The molecular formula is C19H33IN4O. The van der Waals surface area contributed by atoms with Crippen LogP contribution in [0.3, 0.4) is 0 Å². The van der Waals surface area contributed by atoms with Crippen molar-refractivity contribution in [1.82, 2.24) is 15.6 Å². The summed E-state index contributed by atoms with van der Waals surface area (Å²) in [7, 11) is 0. The van der Waals surface area contributed by atoms with E-state index in [0.29, 0.717) is 6.54 Å². The average Bonchev–Trinajstić information content (AvgIpc) is 2.60. The van der Waals surface area contributed by atoms with E-state index in [0.717, 1.165) is 31.2 Å². The molecule has 0 spiro atoms. The molecule has 0 radical (unpaired) electrons. The van der Waals surface area contributed by atoms with Crippen molar-refractivity contribution in [3.8, 4) is 0 Å². The molecule has 0 aliphatic heterocycles. The highest BCUT2D eigenvalue weighted by Crippen LogP contribution is 2.38. The molecule has 25 heavy (non-hydrogen) atoms. The second-order valence-electron chi connectivity index (χ2n) is 6.85. The lowest BCUT2D eigenvalue weighted by molar-refractivity contribution is 0.131. The SMILES string of the molecule is CCNC(=NCc1ncccc1C)NCC1(CCO)CCCCC1.I. The smallest absolute Gasteiger partial charge is 0.191 e. The fourth-order valence-corrected chi connectivity index (χ4v) is 3.50. The topological polar surface area (TPSA) is 69.5 Å². The Balaban J connectivity index is 0.00000312. The zero-order valence-corrected chi connectivity index (χ0v) is 17.9. The van der Waals surface area contributed by atoms with Crippen molar-refractivity contribution in [2.24, 2.45) is 10.4 Å². The molecule has 1 aliphatic rings. The van der Waals surface area contributed by atoms with Crippen LogP contribution in [0.2, 0.25) is 0 Å². The van der Waals surface area contributed by atoms with Gasteiger partial charge in [0.15, 0.2) is 5.96 Å². The van der Waals surface area contributed by atoms with Crippen molar-refractivity contribution in [2.45, 2.75) is 58.9 Å². The summed E-state index contributed by atoms with van der Waals surface area (Å²) in [5.74, 6) is 0.838. The molecular weight excluding hydrogens is 427 g/mol. The van der Waals surface area contributed by atoms with E-state index in [1.807, 2.05) is 12.3 Å². The summed E-state index contributed by atoms with van der Waals surface area (Å²) < 4.78 is 0. The van der Waals surface area contributed by atoms with Gasteiger partial charge in [0.2, 0.25) is 0 Å². The molecule has 1 fully saturated rings. The predicted octanol–water partition coefficient (Wildman–Crippen LogP) is 3.40. The molecule has 2 rings (SSSR count). The minimum atomic E-state index is 0. The summed E-state index contributed by atoms with van der Waals surface area (Å²) in [5.41, 5.74) is 2.39. The fraction of sp³-hybridized carbons (Fsp3) is 0.684. The minimum Gasteiger partial charge on any atom is -0.396 e. The number of halogens is 1. The monoisotopic (exact) mass is 460 g/mol. The van der Waals surface area contributed by atoms with Crippen molar-refractivity contribution in [3.05, 3.63) is 29.6 Å². The minimum absolute atomic E-state index is 0. The maximum Gasteiger partial charge on any atom is 0.191 e. The van der Waals surface area contributed by atoms with E-state index in [9.17, 15) is 5.11 Å². The number of pyridine rings is 1. The van der Waals surface area contributed by atoms with Crippen LogP contribution in [0.5, 0.6) is 0 Å². The van der Waals surface area contributed by atoms with E-state index in [1.54, 1.807) is 0 Å². The van der Waals surface area contributed by atoms with Crippen molar-refractivity contribution in [3.63, 3.8) is 0 Å². The molecule has 3 N–H and O–H groups in total. The Morgan fingerprint density at radius 3 is 2.68 bits per heavy atom. The maximum atomic E-state index is 9.45. The van der Waals surface area contributed by atoms with Gasteiger partial charge in [-0.2, -0.15) is 0 Å². The first-order chi connectivity index (χ1) is 11.7. The van der Waals surface area contributed by atoms with Gasteiger partial charge in [0.05, 0.1) is 12.2 Å². The van der Waals surface area contributed by atoms with Crippen LogP contribution in [0.1, 0.15) is 56.7 Å². The molecule has 0 amide bonds. The number of nitrogens with zero attached hydrogens (tertiary/aromatic N) is 2. The van der Waals surface area contributed by atoms with Gasteiger partial charge in [0, 0.05) is 25.9 Å². The van der Waals surface area contributed by atoms with Crippen LogP contribution in [-0.4, -0.2) is 35.7 Å². The Hall–Kier alpha value is -0.890. The lowest BCUT2D eigenvalue weighted by Crippen LogP contribution is -2.45. The lowest BCUT2D eigenvalue weighted by atomic mass is 9.72. The average molecular weight is 460 g/mol. The summed E-state index contributed by atoms with van der Waals surface area (Å²) in [6, 6.07) is 4.02. The molecule has 0 bridgehead atoms. The largest absolute Gasteiger partial charge is 0.396 e. The summed E-state index contributed by atoms with van der Waals surface area (Å²) in [6.07, 6.45) is 8.93. The van der Waals surface area contributed by atoms with Gasteiger partial charge in [-0.15, -0.1) is 24.0 Å². The zero-order valence-electron chi connectivity index (χ0n) is 15.6. The molecule has 1 aliphatic carbocycles. The van der Waals surface area contributed by atoms with Crippen LogP contribution in [-0.2, 0) is 6.54 Å². The molecule has 0 aromatic carbocycles. The number of aliphatic hydroxyl groups is 1. The third-order valence-corrected chi connectivity index (χ3v) is 5.04. The number of hydrogen-bond acceptors (Lipinski definition) is 3. The normalized spacial score (nSPS) is 16.8. The van der Waals surface area contributed by atoms with Gasteiger partial charge in [-0.25, -0.2) is 4.99 Å². The number of hydrogen-bond donors (Lipinski definition) is 3. The second-order valence-corrected chi connectivity index (χ2v) is 6.85. The van der Waals surface area contributed by atoms with Gasteiger partial charge in [0.1, 0.15) is 0 Å². The summed E-state index contributed by atoms with van der Waals surface area (Å²) in [5, 5.41) is 16.3. The van der Waals surface area contributed by atoms with Gasteiger partial charge in [0.25, 0.3) is 0 Å². The van der Waals surface area contributed by atoms with Crippen molar-refractivity contribution < 1.29 is 5.11 Å². The van der Waals surface area contributed by atoms with Gasteiger partial charge in [-0.3, -0.25) is 4.98 Å². The highest BCUT2D eigenvalue weighted by atomic mass is 127. The molecule has 0 saturated heterocycles. The summed E-state index contributed by atoms with van der Waals surface area (Å²) in [6.45, 7) is 6.70. The fourth-order valence-electron chi connectivity index (χ4n) is 3.50. The van der Waals surface area contributed by atoms with Crippen LogP contribution in [0.15, 0.2) is 23.3 Å². The summed E-state index contributed by atoms with van der Waals surface area (Å²) in [4.78, 5) is 9.10. The number of aromatic nitrogens is 1. The molecule has 0 atom stereocenters. The predicted molar refractivity (Wildman–Crippen MR) is 114 cm³/mol. The van der Waals surface area contributed by atoms with Crippen LogP contribution in [0.4, 0.5) is 0 Å². The van der Waals surface area contributed by atoms with Crippen LogP contribution in [0.25, 0.3) is 0 Å². The number of aryl methyl sites for hydroxylation is 1. The van der Waals surface area contributed by atoms with Gasteiger partial charge in [-0.05, 0) is 50.2 Å². The molecule has 1 saturated carbocycles.